The highest BCUT2D eigenvalue weighted by Gasteiger charge is 2.30. The predicted octanol–water partition coefficient (Wildman–Crippen LogP) is 23.2. The second kappa shape index (κ2) is 56.8. The molecule has 0 saturated carbocycles. The molecule has 0 heterocycles. The summed E-state index contributed by atoms with van der Waals surface area (Å²) in [6.07, 6.45) is 40.8. The molecule has 5 aromatic carbocycles. The lowest BCUT2D eigenvalue weighted by molar-refractivity contribution is 0.547. The van der Waals surface area contributed by atoms with Gasteiger partial charge in [-0.3, -0.25) is 0 Å². The van der Waals surface area contributed by atoms with Crippen LogP contribution in [0.15, 0.2) is 328 Å². The van der Waals surface area contributed by atoms with E-state index in [2.05, 4.69) is 259 Å². The Bertz CT molecular complexity index is 2470. The maximum absolute atomic E-state index is 4.05. The molecule has 0 N–H and O–H groups in total. The van der Waals surface area contributed by atoms with Crippen LogP contribution >= 0.6 is 0 Å². The molecular formula is C83H114Si2. The van der Waals surface area contributed by atoms with Crippen LogP contribution in [0.2, 0.25) is 13.1 Å². The zero-order chi connectivity index (χ0) is 64.3. The standard InChI is InChI=1S/C16H16Si.C13H16.2C12H14.C9H16.C8H14.C7H12.C6H12Si/c1-3-17(4-2,15-11-7-5-8-12-15)16-13-9-6-10-14-16;1-4-7-12-9-6-10-13(8-5-2)11(12)3;1-3-6-11-8-5-9-12(10-11)7-4-2;1-3-5-11-7-9-12(6-4-2)10-8-11;1-4-6-8-9(3)7-5-2;1-3-5-7-8-6-4-2;1-3-5-7-6-4-2;1-5-7(3,4)6-2/h3-14H,1-2H2;4-6,9-10H,1-2,7-8H2,3H3;3-5,8-10H,1-2,6-7H2;3-4,7-10H,1-2,5-6H2;4-5,9H,1-2,6-8H2,3H3;3-4H,1-2,5-8H2;3-4H,1-2,5-7H2;5-6H,1-2H2,3-4H3. The zero-order valence-corrected chi connectivity index (χ0v) is 56.1. The molecular weight excluding hydrogens is 1050 g/mol. The van der Waals surface area contributed by atoms with Gasteiger partial charge in [0.25, 0.3) is 0 Å². The summed E-state index contributed by atoms with van der Waals surface area (Å²) in [5.41, 5.74) is 17.6. The molecule has 85 heavy (non-hydrogen) atoms. The molecule has 0 nitrogen and oxygen atoms in total. The highest BCUT2D eigenvalue weighted by molar-refractivity contribution is 7.09. The molecule has 1 unspecified atom stereocenters. The molecule has 5 rings (SSSR count). The van der Waals surface area contributed by atoms with Crippen molar-refractivity contribution < 1.29 is 0 Å². The van der Waals surface area contributed by atoms with Gasteiger partial charge in [0.2, 0.25) is 0 Å². The highest BCUT2D eigenvalue weighted by atomic mass is 28.3. The van der Waals surface area contributed by atoms with Crippen LogP contribution in [0.3, 0.4) is 0 Å². The Morgan fingerprint density at radius 3 is 0.988 bits per heavy atom. The third kappa shape index (κ3) is 41.9. The molecule has 0 bridgehead atoms. The van der Waals surface area contributed by atoms with E-state index in [1.165, 1.54) is 75.0 Å². The van der Waals surface area contributed by atoms with Crippen LogP contribution in [0.4, 0.5) is 0 Å². The molecule has 0 aliphatic rings. The van der Waals surface area contributed by atoms with E-state index in [1.807, 2.05) is 96.4 Å². The Kier molecular flexibility index (Phi) is 54.6. The van der Waals surface area contributed by atoms with Crippen molar-refractivity contribution in [3.05, 3.63) is 367 Å². The molecule has 0 aliphatic carbocycles. The van der Waals surface area contributed by atoms with E-state index in [9.17, 15) is 0 Å². The van der Waals surface area contributed by atoms with Gasteiger partial charge in [-0.15, -0.1) is 105 Å². The summed E-state index contributed by atoms with van der Waals surface area (Å²) in [6, 6.07) is 44.6. The molecule has 1 atom stereocenters. The van der Waals surface area contributed by atoms with Crippen molar-refractivity contribution in [2.75, 3.05) is 0 Å². The number of unbranched alkanes of at least 4 members (excludes halogenated alkanes) is 5. The maximum Gasteiger partial charge on any atom is 0.163 e. The number of benzene rings is 5. The molecule has 0 aromatic heterocycles. The fourth-order valence-electron chi connectivity index (χ4n) is 7.87. The minimum Gasteiger partial charge on any atom is -0.107 e. The van der Waals surface area contributed by atoms with Crippen molar-refractivity contribution in [1.82, 2.24) is 0 Å². The van der Waals surface area contributed by atoms with Crippen molar-refractivity contribution in [3.8, 4) is 0 Å². The van der Waals surface area contributed by atoms with Gasteiger partial charge in [-0.05, 0) is 165 Å². The van der Waals surface area contributed by atoms with Gasteiger partial charge in [-0.25, -0.2) is 0 Å². The largest absolute Gasteiger partial charge is 0.163 e. The van der Waals surface area contributed by atoms with Crippen LogP contribution in [0.25, 0.3) is 0 Å². The van der Waals surface area contributed by atoms with E-state index in [4.69, 9.17) is 0 Å². The second-order valence-corrected chi connectivity index (χ2v) is 29.1. The third-order valence-electron chi connectivity index (χ3n) is 13.3. The Morgan fingerprint density at radius 2 is 0.682 bits per heavy atom. The van der Waals surface area contributed by atoms with E-state index in [1.54, 1.807) is 0 Å². The van der Waals surface area contributed by atoms with Gasteiger partial charge in [-0.1, -0.05) is 243 Å². The average Bonchev–Trinajstić information content (AvgIpc) is 2.31. The lowest BCUT2D eigenvalue weighted by Gasteiger charge is -2.25. The Morgan fingerprint density at radius 1 is 0.341 bits per heavy atom. The van der Waals surface area contributed by atoms with Gasteiger partial charge in [0, 0.05) is 0 Å². The first-order valence-corrected chi connectivity index (χ1v) is 35.6. The average molecular weight is 1170 g/mol. The van der Waals surface area contributed by atoms with E-state index in [0.717, 1.165) is 83.0 Å². The number of hydrogen-bond donors (Lipinski definition) is 0. The first kappa shape index (κ1) is 81.6. The number of allylic oxidation sites excluding steroid dienone is 12. The van der Waals surface area contributed by atoms with E-state index in [-0.39, 0.29) is 0 Å². The normalized spacial score (nSPS) is 9.93. The van der Waals surface area contributed by atoms with Crippen molar-refractivity contribution in [3.63, 3.8) is 0 Å². The van der Waals surface area contributed by atoms with Gasteiger partial charge >= 0.3 is 0 Å². The Balaban J connectivity index is -0.000000922. The highest BCUT2D eigenvalue weighted by Crippen LogP contribution is 2.16. The van der Waals surface area contributed by atoms with Gasteiger partial charge in [0.05, 0.1) is 8.07 Å². The molecule has 2 heteroatoms. The van der Waals surface area contributed by atoms with Gasteiger partial charge < -0.3 is 0 Å². The summed E-state index contributed by atoms with van der Waals surface area (Å²) in [6.45, 7) is 68.4. The molecule has 0 aliphatic heterocycles. The SMILES string of the molecule is C=CCCC(C)CC=C.C=CCCCC=C.C=CCCCCC=C.C=CCc1ccc(CC=C)cc1.C=CCc1cccc(CC=C)c1.C=CCc1cccc(CC=C)c1C.C=C[Si](C)(C)C=C.C=C[Si](C=C)(c1ccccc1)c1ccccc1. The quantitative estimate of drug-likeness (QED) is 0.0229. The molecule has 5 aromatic rings. The summed E-state index contributed by atoms with van der Waals surface area (Å²) in [5.74, 6) is 0.778. The van der Waals surface area contributed by atoms with Crippen LogP contribution in [0, 0.1) is 12.8 Å². The first-order chi connectivity index (χ1) is 41.1. The molecule has 454 valence electrons. The monoisotopic (exact) mass is 1170 g/mol. The van der Waals surface area contributed by atoms with Gasteiger partial charge in [0.1, 0.15) is 0 Å². The minimum atomic E-state index is -1.97. The summed E-state index contributed by atoms with van der Waals surface area (Å²) in [7, 11) is -3.09. The molecule has 0 saturated heterocycles. The number of rotatable bonds is 32. The topological polar surface area (TPSA) is 0 Å². The van der Waals surface area contributed by atoms with E-state index < -0.39 is 16.1 Å². The van der Waals surface area contributed by atoms with Crippen LogP contribution in [0.1, 0.15) is 110 Å². The van der Waals surface area contributed by atoms with Crippen molar-refractivity contribution in [1.29, 1.82) is 0 Å². The molecule has 0 amide bonds. The summed E-state index contributed by atoms with van der Waals surface area (Å²) < 4.78 is 0. The van der Waals surface area contributed by atoms with Crippen molar-refractivity contribution in [2.45, 2.75) is 130 Å². The van der Waals surface area contributed by atoms with Crippen molar-refractivity contribution >= 4 is 26.5 Å². The lowest BCUT2D eigenvalue weighted by Crippen LogP contribution is -2.55. The van der Waals surface area contributed by atoms with E-state index >= 15 is 0 Å². The maximum atomic E-state index is 4.05. The lowest BCUT2D eigenvalue weighted by atomic mass is 9.98. The molecule has 0 fully saturated rings. The van der Waals surface area contributed by atoms with Gasteiger partial charge in [-0.2, -0.15) is 0 Å². The Hall–Kier alpha value is -7.63. The smallest absolute Gasteiger partial charge is 0.107 e. The van der Waals surface area contributed by atoms with Crippen LogP contribution < -0.4 is 10.4 Å². The Labute approximate surface area is 526 Å². The predicted molar refractivity (Wildman–Crippen MR) is 400 cm³/mol. The van der Waals surface area contributed by atoms with Crippen molar-refractivity contribution in [2.24, 2.45) is 5.92 Å². The van der Waals surface area contributed by atoms with Crippen LogP contribution in [-0.4, -0.2) is 16.1 Å². The number of hydrogen-bond acceptors (Lipinski definition) is 0. The second-order valence-electron chi connectivity index (χ2n) is 20.9. The van der Waals surface area contributed by atoms with Gasteiger partial charge in [0.15, 0.2) is 8.07 Å². The zero-order valence-electron chi connectivity index (χ0n) is 54.1. The third-order valence-corrected chi connectivity index (χ3v) is 19.3. The van der Waals surface area contributed by atoms with E-state index in [0.29, 0.717) is 0 Å². The summed E-state index contributed by atoms with van der Waals surface area (Å²) in [4.78, 5) is 0. The summed E-state index contributed by atoms with van der Waals surface area (Å²) >= 11 is 0. The van der Waals surface area contributed by atoms with Crippen LogP contribution in [-0.2, 0) is 38.5 Å². The summed E-state index contributed by atoms with van der Waals surface area (Å²) in [5, 5.41) is 2.66. The fraction of sp³-hybridized carbons (Fsp3) is 0.253. The first-order valence-electron chi connectivity index (χ1n) is 30.3. The fourth-order valence-corrected chi connectivity index (χ4v) is 11.0. The minimum absolute atomic E-state index is 0.778. The van der Waals surface area contributed by atoms with Crippen LogP contribution in [0.5, 0.6) is 0 Å². The molecule has 0 radical (unpaired) electrons. The molecule has 0 spiro atoms.